The van der Waals surface area contributed by atoms with Crippen LogP contribution in [0.25, 0.3) is 11.3 Å². The van der Waals surface area contributed by atoms with Crippen molar-refractivity contribution in [2.45, 2.75) is 0 Å². The normalized spacial score (nSPS) is 10.1. The van der Waals surface area contributed by atoms with Crippen molar-refractivity contribution in [3.8, 4) is 11.3 Å². The van der Waals surface area contributed by atoms with Crippen molar-refractivity contribution in [1.29, 1.82) is 0 Å². The SMILES string of the molecule is NNC(=O)c1cc(-c2ccc(Br)cc2)nc(N)n1. The van der Waals surface area contributed by atoms with E-state index >= 15 is 0 Å². The number of nitrogens with zero attached hydrogens (tertiary/aromatic N) is 2. The van der Waals surface area contributed by atoms with E-state index in [0.29, 0.717) is 5.69 Å². The minimum atomic E-state index is -0.512. The number of nitrogens with two attached hydrogens (primary N) is 2. The minimum Gasteiger partial charge on any atom is -0.368 e. The summed E-state index contributed by atoms with van der Waals surface area (Å²) in [6.07, 6.45) is 0. The quantitative estimate of drug-likeness (QED) is 0.437. The van der Waals surface area contributed by atoms with Gasteiger partial charge in [-0.3, -0.25) is 10.2 Å². The van der Waals surface area contributed by atoms with Crippen LogP contribution in [0.2, 0.25) is 0 Å². The summed E-state index contributed by atoms with van der Waals surface area (Å²) in [6, 6.07) is 8.99. The van der Waals surface area contributed by atoms with Crippen LogP contribution in [0.3, 0.4) is 0 Å². The molecule has 0 radical (unpaired) electrons. The molecule has 7 heteroatoms. The molecule has 0 unspecified atom stereocenters. The Balaban J connectivity index is 2.48. The zero-order chi connectivity index (χ0) is 13.1. The fourth-order valence-corrected chi connectivity index (χ4v) is 1.69. The van der Waals surface area contributed by atoms with E-state index in [0.717, 1.165) is 10.0 Å². The standard InChI is InChI=1S/C11H10BrN5O/c12-7-3-1-6(2-4-7)8-5-9(10(18)17-14)16-11(13)15-8/h1-5H,14H2,(H,17,18)(H2,13,15,16). The summed E-state index contributed by atoms with van der Waals surface area (Å²) in [7, 11) is 0. The smallest absolute Gasteiger partial charge is 0.283 e. The van der Waals surface area contributed by atoms with Gasteiger partial charge >= 0.3 is 0 Å². The second-order valence-electron chi connectivity index (χ2n) is 3.48. The first-order valence-corrected chi connectivity index (χ1v) is 5.81. The monoisotopic (exact) mass is 307 g/mol. The van der Waals surface area contributed by atoms with Gasteiger partial charge in [-0.15, -0.1) is 0 Å². The summed E-state index contributed by atoms with van der Waals surface area (Å²) in [6.45, 7) is 0. The number of benzene rings is 1. The highest BCUT2D eigenvalue weighted by Crippen LogP contribution is 2.21. The van der Waals surface area contributed by atoms with E-state index in [9.17, 15) is 4.79 Å². The van der Waals surface area contributed by atoms with Crippen molar-refractivity contribution in [3.63, 3.8) is 0 Å². The number of aromatic nitrogens is 2. The van der Waals surface area contributed by atoms with Gasteiger partial charge in [0, 0.05) is 10.0 Å². The number of hydrogen-bond donors (Lipinski definition) is 3. The van der Waals surface area contributed by atoms with Gasteiger partial charge in [-0.25, -0.2) is 15.8 Å². The Kier molecular flexibility index (Phi) is 3.54. The minimum absolute atomic E-state index is 0.0222. The molecule has 0 atom stereocenters. The lowest BCUT2D eigenvalue weighted by Gasteiger charge is -2.05. The Bertz CT molecular complexity index is 584. The van der Waals surface area contributed by atoms with E-state index in [-0.39, 0.29) is 11.6 Å². The van der Waals surface area contributed by atoms with Gasteiger partial charge in [0.1, 0.15) is 5.69 Å². The molecule has 6 nitrogen and oxygen atoms in total. The summed E-state index contributed by atoms with van der Waals surface area (Å²) >= 11 is 3.34. The highest BCUT2D eigenvalue weighted by molar-refractivity contribution is 9.10. The van der Waals surface area contributed by atoms with Gasteiger partial charge in [0.25, 0.3) is 5.91 Å². The van der Waals surface area contributed by atoms with Crippen LogP contribution in [-0.4, -0.2) is 15.9 Å². The van der Waals surface area contributed by atoms with Crippen LogP contribution in [0, 0.1) is 0 Å². The van der Waals surface area contributed by atoms with Crippen molar-refractivity contribution in [3.05, 3.63) is 40.5 Å². The van der Waals surface area contributed by atoms with E-state index in [4.69, 9.17) is 11.6 Å². The third-order valence-electron chi connectivity index (χ3n) is 2.25. The predicted octanol–water partition coefficient (Wildman–Crippen LogP) is 1.09. The Morgan fingerprint density at radius 2 is 1.89 bits per heavy atom. The van der Waals surface area contributed by atoms with E-state index in [1.54, 1.807) is 0 Å². The van der Waals surface area contributed by atoms with Crippen LogP contribution >= 0.6 is 15.9 Å². The molecule has 0 spiro atoms. The Morgan fingerprint density at radius 1 is 1.22 bits per heavy atom. The molecule has 0 saturated carbocycles. The third kappa shape index (κ3) is 2.63. The zero-order valence-electron chi connectivity index (χ0n) is 9.22. The second kappa shape index (κ2) is 5.11. The molecule has 1 heterocycles. The van der Waals surface area contributed by atoms with E-state index in [2.05, 4.69) is 25.9 Å². The Labute approximate surface area is 112 Å². The highest BCUT2D eigenvalue weighted by atomic mass is 79.9. The highest BCUT2D eigenvalue weighted by Gasteiger charge is 2.10. The first-order chi connectivity index (χ1) is 8.60. The molecule has 1 amide bonds. The van der Waals surface area contributed by atoms with Crippen molar-refractivity contribution in [2.75, 3.05) is 5.73 Å². The molecular weight excluding hydrogens is 298 g/mol. The molecule has 0 fully saturated rings. The molecule has 1 aromatic carbocycles. The van der Waals surface area contributed by atoms with E-state index in [1.165, 1.54) is 6.07 Å². The predicted molar refractivity (Wildman–Crippen MR) is 71.2 cm³/mol. The van der Waals surface area contributed by atoms with Gasteiger partial charge in [0.2, 0.25) is 5.95 Å². The number of carbonyl (C=O) groups is 1. The molecule has 18 heavy (non-hydrogen) atoms. The topological polar surface area (TPSA) is 107 Å². The first kappa shape index (κ1) is 12.5. The number of carbonyl (C=O) groups excluding carboxylic acids is 1. The second-order valence-corrected chi connectivity index (χ2v) is 4.39. The zero-order valence-corrected chi connectivity index (χ0v) is 10.8. The molecule has 0 bridgehead atoms. The van der Waals surface area contributed by atoms with Crippen LogP contribution in [0.1, 0.15) is 10.5 Å². The number of nitrogens with one attached hydrogen (secondary N) is 1. The summed E-state index contributed by atoms with van der Waals surface area (Å²) < 4.78 is 0.952. The lowest BCUT2D eigenvalue weighted by molar-refractivity contribution is 0.0948. The Hall–Kier alpha value is -1.99. The van der Waals surface area contributed by atoms with Gasteiger partial charge in [0.15, 0.2) is 0 Å². The van der Waals surface area contributed by atoms with Crippen LogP contribution in [0.4, 0.5) is 5.95 Å². The molecule has 0 aliphatic carbocycles. The molecule has 0 saturated heterocycles. The maximum atomic E-state index is 11.4. The molecule has 2 aromatic rings. The summed E-state index contributed by atoms with van der Waals surface area (Å²) in [5, 5.41) is 0. The maximum absolute atomic E-state index is 11.4. The van der Waals surface area contributed by atoms with Gasteiger partial charge in [-0.1, -0.05) is 28.1 Å². The average molecular weight is 308 g/mol. The number of rotatable bonds is 2. The summed E-state index contributed by atoms with van der Waals surface area (Å²) in [5.41, 5.74) is 9.09. The molecule has 1 aromatic heterocycles. The molecule has 0 aliphatic rings. The lowest BCUT2D eigenvalue weighted by Crippen LogP contribution is -2.31. The lowest BCUT2D eigenvalue weighted by atomic mass is 10.1. The number of amides is 1. The van der Waals surface area contributed by atoms with Crippen molar-refractivity contribution < 1.29 is 4.79 Å². The fraction of sp³-hybridized carbons (Fsp3) is 0. The first-order valence-electron chi connectivity index (χ1n) is 5.01. The van der Waals surface area contributed by atoms with Gasteiger partial charge < -0.3 is 5.73 Å². The van der Waals surface area contributed by atoms with Crippen molar-refractivity contribution in [1.82, 2.24) is 15.4 Å². The molecule has 2 rings (SSSR count). The van der Waals surface area contributed by atoms with Crippen molar-refractivity contribution in [2.24, 2.45) is 5.84 Å². The largest absolute Gasteiger partial charge is 0.368 e. The number of hydrogen-bond acceptors (Lipinski definition) is 5. The van der Waals surface area contributed by atoms with Gasteiger partial charge in [-0.05, 0) is 18.2 Å². The number of halogens is 1. The molecule has 5 N–H and O–H groups in total. The fourth-order valence-electron chi connectivity index (χ4n) is 1.42. The molecule has 0 aliphatic heterocycles. The van der Waals surface area contributed by atoms with Crippen LogP contribution in [0.5, 0.6) is 0 Å². The van der Waals surface area contributed by atoms with Crippen molar-refractivity contribution >= 4 is 27.8 Å². The van der Waals surface area contributed by atoms with E-state index < -0.39 is 5.91 Å². The van der Waals surface area contributed by atoms with Crippen LogP contribution in [-0.2, 0) is 0 Å². The van der Waals surface area contributed by atoms with Gasteiger partial charge in [-0.2, -0.15) is 0 Å². The number of hydrazine groups is 1. The molecule has 92 valence electrons. The van der Waals surface area contributed by atoms with Gasteiger partial charge in [0.05, 0.1) is 5.69 Å². The third-order valence-corrected chi connectivity index (χ3v) is 2.78. The van der Waals surface area contributed by atoms with Crippen LogP contribution in [0.15, 0.2) is 34.8 Å². The van der Waals surface area contributed by atoms with Crippen LogP contribution < -0.4 is 17.0 Å². The maximum Gasteiger partial charge on any atom is 0.283 e. The summed E-state index contributed by atoms with van der Waals surface area (Å²) in [5.74, 6) is 4.57. The number of anilines is 1. The average Bonchev–Trinajstić information content (AvgIpc) is 2.38. The number of nitrogen functional groups attached to an aromatic ring is 2. The summed E-state index contributed by atoms with van der Waals surface area (Å²) in [4.78, 5) is 19.3. The Morgan fingerprint density at radius 3 is 2.50 bits per heavy atom. The van der Waals surface area contributed by atoms with E-state index in [1.807, 2.05) is 29.7 Å². The molecular formula is C11H10BrN5O.